The van der Waals surface area contributed by atoms with Crippen LogP contribution >= 0.6 is 0 Å². The highest BCUT2D eigenvalue weighted by Crippen LogP contribution is 2.33. The van der Waals surface area contributed by atoms with Gasteiger partial charge in [0.25, 0.3) is 0 Å². The van der Waals surface area contributed by atoms with Crippen molar-refractivity contribution in [3.05, 3.63) is 58.8 Å². The minimum atomic E-state index is -0.701. The number of allylic oxidation sites excluding steroid dienone is 2. The molecule has 1 aromatic rings. The molecule has 0 spiro atoms. The standard InChI is InChI=1S/C25H38FN5/c26-23-3-1-10-28-11-12-29-13-16-30(14-2-4-23)25-22-7-5-20(6-8-22)17-21-9-15-31(25)24(18-21)19-27/h5-9,18,23,25,28-29H,1-4,10-17,19,27H2. The quantitative estimate of drug-likeness (QED) is 0.678. The summed E-state index contributed by atoms with van der Waals surface area (Å²) in [4.78, 5) is 4.97. The number of hydrogen-bond donors (Lipinski definition) is 3. The first-order valence-corrected chi connectivity index (χ1v) is 12.0. The van der Waals surface area contributed by atoms with E-state index in [1.54, 1.807) is 0 Å². The molecule has 170 valence electrons. The fraction of sp³-hybridized carbons (Fsp3) is 0.600. The normalized spacial score (nSPS) is 26.8. The molecule has 4 N–H and O–H groups in total. The zero-order valence-corrected chi connectivity index (χ0v) is 18.7. The lowest BCUT2D eigenvalue weighted by atomic mass is 9.95. The van der Waals surface area contributed by atoms with Crippen molar-refractivity contribution in [1.29, 1.82) is 0 Å². The SMILES string of the molecule is NCC1=CC2=CCN1C(N1CCCC(F)CCCNCCNCC1)c1ccc(cc1)C2. The Morgan fingerprint density at radius 3 is 2.55 bits per heavy atom. The summed E-state index contributed by atoms with van der Waals surface area (Å²) < 4.78 is 14.4. The van der Waals surface area contributed by atoms with Gasteiger partial charge in [-0.25, -0.2) is 4.39 Å². The Hall–Kier alpha value is -1.73. The van der Waals surface area contributed by atoms with E-state index >= 15 is 0 Å². The van der Waals surface area contributed by atoms with Crippen LogP contribution in [0.1, 0.15) is 43.0 Å². The van der Waals surface area contributed by atoms with Crippen molar-refractivity contribution < 1.29 is 4.39 Å². The number of halogens is 1. The Bertz CT molecular complexity index is 760. The van der Waals surface area contributed by atoms with Crippen LogP contribution in [0.3, 0.4) is 0 Å². The van der Waals surface area contributed by atoms with Crippen molar-refractivity contribution in [3.8, 4) is 0 Å². The third kappa shape index (κ3) is 5.95. The molecule has 5 nitrogen and oxygen atoms in total. The van der Waals surface area contributed by atoms with E-state index in [0.29, 0.717) is 19.4 Å². The highest BCUT2D eigenvalue weighted by atomic mass is 19.1. The molecule has 2 atom stereocenters. The summed E-state index contributed by atoms with van der Waals surface area (Å²) in [5, 5.41) is 7.00. The molecule has 7 rings (SSSR count). The second-order valence-electron chi connectivity index (χ2n) is 8.98. The summed E-state index contributed by atoms with van der Waals surface area (Å²) in [5.41, 5.74) is 11.4. The van der Waals surface area contributed by atoms with Crippen molar-refractivity contribution in [1.82, 2.24) is 20.4 Å². The van der Waals surface area contributed by atoms with Gasteiger partial charge < -0.3 is 21.3 Å². The van der Waals surface area contributed by atoms with Crippen LogP contribution in [0.2, 0.25) is 0 Å². The second kappa shape index (κ2) is 11.2. The minimum absolute atomic E-state index is 0.116. The van der Waals surface area contributed by atoms with E-state index in [2.05, 4.69) is 56.9 Å². The lowest BCUT2D eigenvalue weighted by molar-refractivity contribution is 0.0678. The van der Waals surface area contributed by atoms with Gasteiger partial charge in [-0.3, -0.25) is 4.90 Å². The van der Waals surface area contributed by atoms with Gasteiger partial charge in [0.1, 0.15) is 12.3 Å². The fourth-order valence-electron chi connectivity index (χ4n) is 4.99. The van der Waals surface area contributed by atoms with Crippen molar-refractivity contribution in [3.63, 3.8) is 0 Å². The number of nitrogens with two attached hydrogens (primary N) is 1. The minimum Gasteiger partial charge on any atom is -0.350 e. The summed E-state index contributed by atoms with van der Waals surface area (Å²) in [6.45, 7) is 6.93. The maximum Gasteiger partial charge on any atom is 0.108 e. The number of rotatable bonds is 2. The average molecular weight is 428 g/mol. The van der Waals surface area contributed by atoms with E-state index in [9.17, 15) is 4.39 Å². The zero-order valence-electron chi connectivity index (χ0n) is 18.7. The first-order chi connectivity index (χ1) is 15.2. The van der Waals surface area contributed by atoms with E-state index in [1.165, 1.54) is 22.4 Å². The number of hydrogen-bond acceptors (Lipinski definition) is 5. The Morgan fingerprint density at radius 2 is 1.74 bits per heavy atom. The molecule has 2 unspecified atom stereocenters. The van der Waals surface area contributed by atoms with Crippen LogP contribution in [0.15, 0.2) is 47.7 Å². The van der Waals surface area contributed by atoms with E-state index in [0.717, 1.165) is 65.1 Å². The van der Waals surface area contributed by atoms with Crippen molar-refractivity contribution in [2.24, 2.45) is 5.73 Å². The van der Waals surface area contributed by atoms with Gasteiger partial charge >= 0.3 is 0 Å². The largest absolute Gasteiger partial charge is 0.350 e. The molecule has 31 heavy (non-hydrogen) atoms. The van der Waals surface area contributed by atoms with Gasteiger partial charge in [0, 0.05) is 51.5 Å². The van der Waals surface area contributed by atoms with Crippen LogP contribution in [-0.2, 0) is 6.42 Å². The fourth-order valence-corrected chi connectivity index (χ4v) is 4.99. The molecule has 0 saturated carbocycles. The number of alkyl halides is 1. The summed E-state index contributed by atoms with van der Waals surface area (Å²) >= 11 is 0. The third-order valence-corrected chi connectivity index (χ3v) is 6.70. The van der Waals surface area contributed by atoms with Crippen molar-refractivity contribution >= 4 is 0 Å². The van der Waals surface area contributed by atoms with Crippen LogP contribution < -0.4 is 16.4 Å². The van der Waals surface area contributed by atoms with Crippen LogP contribution in [0, 0.1) is 0 Å². The smallest absolute Gasteiger partial charge is 0.108 e. The summed E-state index contributed by atoms with van der Waals surface area (Å²) in [5.74, 6) is 0. The lowest BCUT2D eigenvalue weighted by Crippen LogP contribution is -2.46. The molecule has 0 amide bonds. The van der Waals surface area contributed by atoms with E-state index < -0.39 is 6.17 Å². The predicted octanol–water partition coefficient (Wildman–Crippen LogP) is 2.72. The molecule has 1 saturated heterocycles. The zero-order chi connectivity index (χ0) is 21.5. The number of benzene rings is 1. The van der Waals surface area contributed by atoms with E-state index in [1.807, 2.05) is 0 Å². The molecule has 0 aliphatic carbocycles. The van der Waals surface area contributed by atoms with Crippen molar-refractivity contribution in [2.45, 2.75) is 44.4 Å². The van der Waals surface area contributed by atoms with Crippen LogP contribution in [-0.4, -0.2) is 68.3 Å². The van der Waals surface area contributed by atoms with Gasteiger partial charge in [0.15, 0.2) is 0 Å². The third-order valence-electron chi connectivity index (χ3n) is 6.70. The van der Waals surface area contributed by atoms with Gasteiger partial charge in [-0.15, -0.1) is 0 Å². The molecule has 6 aliphatic rings. The molecule has 0 aromatic heterocycles. The summed E-state index contributed by atoms with van der Waals surface area (Å²) in [6, 6.07) is 9.06. The Morgan fingerprint density at radius 1 is 0.968 bits per heavy atom. The maximum absolute atomic E-state index is 14.4. The molecule has 6 heteroatoms. The van der Waals surface area contributed by atoms with Gasteiger partial charge in [-0.1, -0.05) is 30.3 Å². The van der Waals surface area contributed by atoms with Crippen LogP contribution in [0.25, 0.3) is 0 Å². The predicted molar refractivity (Wildman–Crippen MR) is 125 cm³/mol. The highest BCUT2D eigenvalue weighted by molar-refractivity contribution is 5.38. The summed E-state index contributed by atoms with van der Waals surface area (Å²) in [6.07, 6.45) is 8.07. The monoisotopic (exact) mass is 427 g/mol. The molecular formula is C25H38FN5. The molecule has 0 radical (unpaired) electrons. The molecule has 1 fully saturated rings. The maximum atomic E-state index is 14.4. The van der Waals surface area contributed by atoms with Crippen LogP contribution in [0.4, 0.5) is 4.39 Å². The van der Waals surface area contributed by atoms with Crippen molar-refractivity contribution in [2.75, 3.05) is 52.4 Å². The highest BCUT2D eigenvalue weighted by Gasteiger charge is 2.30. The molecular weight excluding hydrogens is 389 g/mol. The van der Waals surface area contributed by atoms with Crippen LogP contribution in [0.5, 0.6) is 0 Å². The number of nitrogens with one attached hydrogen (secondary N) is 2. The van der Waals surface area contributed by atoms with Gasteiger partial charge in [0.05, 0.1) is 0 Å². The first kappa shape index (κ1) is 22.5. The Kier molecular flexibility index (Phi) is 8.14. The molecule has 6 heterocycles. The second-order valence-corrected chi connectivity index (χ2v) is 8.98. The Balaban J connectivity index is 1.58. The first-order valence-electron chi connectivity index (χ1n) is 12.0. The summed E-state index contributed by atoms with van der Waals surface area (Å²) in [7, 11) is 0. The van der Waals surface area contributed by atoms with Gasteiger partial charge in [0.2, 0.25) is 0 Å². The number of nitrogens with zero attached hydrogens (tertiary/aromatic N) is 2. The van der Waals surface area contributed by atoms with Gasteiger partial charge in [-0.05, 0) is 61.4 Å². The van der Waals surface area contributed by atoms with E-state index in [4.69, 9.17) is 5.73 Å². The molecule has 6 aliphatic heterocycles. The molecule has 4 bridgehead atoms. The lowest BCUT2D eigenvalue weighted by Gasteiger charge is -2.44. The Labute approximate surface area is 186 Å². The topological polar surface area (TPSA) is 56.6 Å². The molecule has 1 aromatic carbocycles. The van der Waals surface area contributed by atoms with Gasteiger partial charge in [-0.2, -0.15) is 0 Å². The van der Waals surface area contributed by atoms with E-state index in [-0.39, 0.29) is 6.17 Å². The average Bonchev–Trinajstić information content (AvgIpc) is 2.80.